The Hall–Kier alpha value is -0.620. The molecular weight excluding hydrogens is 342 g/mol. The van der Waals surface area contributed by atoms with Gasteiger partial charge < -0.3 is 9.47 Å². The van der Waals surface area contributed by atoms with Gasteiger partial charge in [0.05, 0.1) is 14.2 Å². The molecule has 88 valence electrons. The van der Waals surface area contributed by atoms with Crippen molar-refractivity contribution in [2.75, 3.05) is 19.5 Å². The lowest BCUT2D eigenvalue weighted by Crippen LogP contribution is -2.00. The molecular formula is C10H11Br2NO3. The minimum absolute atomic E-state index is 0.450. The zero-order valence-electron chi connectivity index (χ0n) is 8.87. The SMILES string of the molecule is COc1cc(Br)c(C(CBr)N=O)cc1OC. The molecule has 16 heavy (non-hydrogen) atoms. The van der Waals surface area contributed by atoms with Gasteiger partial charge in [0.2, 0.25) is 0 Å². The number of hydrogen-bond acceptors (Lipinski definition) is 4. The highest BCUT2D eigenvalue weighted by atomic mass is 79.9. The quantitative estimate of drug-likeness (QED) is 0.600. The van der Waals surface area contributed by atoms with Crippen molar-refractivity contribution in [3.8, 4) is 11.5 Å². The average Bonchev–Trinajstić information content (AvgIpc) is 2.32. The van der Waals surface area contributed by atoms with Gasteiger partial charge in [-0.05, 0) is 17.7 Å². The maximum absolute atomic E-state index is 10.7. The zero-order valence-corrected chi connectivity index (χ0v) is 12.0. The molecule has 0 aromatic heterocycles. The van der Waals surface area contributed by atoms with E-state index in [4.69, 9.17) is 9.47 Å². The summed E-state index contributed by atoms with van der Waals surface area (Å²) in [6.07, 6.45) is 0. The Bertz CT molecular complexity index is 385. The molecule has 0 N–H and O–H groups in total. The standard InChI is InChI=1S/C10H11Br2NO3/c1-15-9-3-6(8(5-11)13-14)7(12)4-10(9)16-2/h3-4,8H,5H2,1-2H3. The van der Waals surface area contributed by atoms with E-state index in [1.807, 2.05) is 0 Å². The molecule has 0 amide bonds. The van der Waals surface area contributed by atoms with E-state index >= 15 is 0 Å². The van der Waals surface area contributed by atoms with Crippen LogP contribution >= 0.6 is 31.9 Å². The molecule has 0 heterocycles. The van der Waals surface area contributed by atoms with Crippen LogP contribution in [0.5, 0.6) is 11.5 Å². The van der Waals surface area contributed by atoms with E-state index in [1.165, 1.54) is 0 Å². The van der Waals surface area contributed by atoms with Gasteiger partial charge in [0.15, 0.2) is 11.5 Å². The van der Waals surface area contributed by atoms with Crippen LogP contribution in [0, 0.1) is 4.91 Å². The number of rotatable bonds is 5. The molecule has 0 saturated heterocycles. The minimum atomic E-state index is -0.450. The largest absolute Gasteiger partial charge is 0.493 e. The number of nitrogens with zero attached hydrogens (tertiary/aromatic N) is 1. The number of halogens is 2. The van der Waals surface area contributed by atoms with Crippen molar-refractivity contribution in [1.82, 2.24) is 0 Å². The summed E-state index contributed by atoms with van der Waals surface area (Å²) in [5.41, 5.74) is 0.768. The number of alkyl halides is 1. The van der Waals surface area contributed by atoms with Crippen molar-refractivity contribution in [3.63, 3.8) is 0 Å². The molecule has 1 aromatic rings. The van der Waals surface area contributed by atoms with Crippen LogP contribution in [-0.2, 0) is 0 Å². The maximum atomic E-state index is 10.7. The first kappa shape index (κ1) is 13.4. The molecule has 0 fully saturated rings. The van der Waals surface area contributed by atoms with E-state index in [2.05, 4.69) is 37.0 Å². The van der Waals surface area contributed by atoms with Gasteiger partial charge in [-0.2, -0.15) is 4.91 Å². The van der Waals surface area contributed by atoms with Crippen molar-refractivity contribution in [1.29, 1.82) is 0 Å². The van der Waals surface area contributed by atoms with Crippen LogP contribution in [0.1, 0.15) is 11.6 Å². The van der Waals surface area contributed by atoms with Gasteiger partial charge in [0.25, 0.3) is 0 Å². The first-order valence-electron chi connectivity index (χ1n) is 4.47. The van der Waals surface area contributed by atoms with Crippen LogP contribution < -0.4 is 9.47 Å². The van der Waals surface area contributed by atoms with Crippen molar-refractivity contribution >= 4 is 31.9 Å². The zero-order chi connectivity index (χ0) is 12.1. The highest BCUT2D eigenvalue weighted by Gasteiger charge is 2.17. The topological polar surface area (TPSA) is 47.9 Å². The minimum Gasteiger partial charge on any atom is -0.493 e. The maximum Gasteiger partial charge on any atom is 0.161 e. The summed E-state index contributed by atoms with van der Waals surface area (Å²) in [6, 6.07) is 3.06. The van der Waals surface area contributed by atoms with E-state index in [1.54, 1.807) is 26.4 Å². The summed E-state index contributed by atoms with van der Waals surface area (Å²) in [5, 5.41) is 3.51. The van der Waals surface area contributed by atoms with Gasteiger partial charge in [0, 0.05) is 9.80 Å². The summed E-state index contributed by atoms with van der Waals surface area (Å²) >= 11 is 6.62. The van der Waals surface area contributed by atoms with E-state index in [-0.39, 0.29) is 0 Å². The Labute approximate surface area is 111 Å². The molecule has 1 aromatic carbocycles. The second-order valence-electron chi connectivity index (χ2n) is 3.00. The molecule has 1 atom stereocenters. The first-order valence-corrected chi connectivity index (χ1v) is 6.39. The Balaban J connectivity index is 3.25. The lowest BCUT2D eigenvalue weighted by atomic mass is 10.1. The van der Waals surface area contributed by atoms with Gasteiger partial charge in [0.1, 0.15) is 6.04 Å². The molecule has 4 nitrogen and oxygen atoms in total. The fourth-order valence-electron chi connectivity index (χ4n) is 1.29. The van der Waals surface area contributed by atoms with Crippen LogP contribution in [0.4, 0.5) is 0 Å². The van der Waals surface area contributed by atoms with Crippen LogP contribution in [0.2, 0.25) is 0 Å². The molecule has 0 saturated carbocycles. The third-order valence-corrected chi connectivity index (χ3v) is 3.44. The first-order chi connectivity index (χ1) is 7.67. The van der Waals surface area contributed by atoms with Gasteiger partial charge in [-0.25, -0.2) is 0 Å². The number of benzene rings is 1. The normalized spacial score (nSPS) is 12.0. The molecule has 0 aliphatic carbocycles. The Morgan fingerprint density at radius 3 is 2.31 bits per heavy atom. The molecule has 6 heteroatoms. The number of hydrogen-bond donors (Lipinski definition) is 0. The molecule has 0 spiro atoms. The smallest absolute Gasteiger partial charge is 0.161 e. The predicted molar refractivity (Wildman–Crippen MR) is 69.6 cm³/mol. The Morgan fingerprint density at radius 2 is 1.88 bits per heavy atom. The van der Waals surface area contributed by atoms with E-state index < -0.39 is 6.04 Å². The van der Waals surface area contributed by atoms with Crippen molar-refractivity contribution in [2.45, 2.75) is 6.04 Å². The lowest BCUT2D eigenvalue weighted by Gasteiger charge is -2.13. The predicted octanol–water partition coefficient (Wildman–Crippen LogP) is 3.67. The third-order valence-electron chi connectivity index (χ3n) is 2.14. The monoisotopic (exact) mass is 351 g/mol. The summed E-state index contributed by atoms with van der Waals surface area (Å²) < 4.78 is 11.1. The van der Waals surface area contributed by atoms with Gasteiger partial charge in [-0.15, -0.1) is 0 Å². The second-order valence-corrected chi connectivity index (χ2v) is 4.51. The summed E-state index contributed by atoms with van der Waals surface area (Å²) in [6.45, 7) is 0. The molecule has 0 aliphatic heterocycles. The Morgan fingerprint density at radius 1 is 1.31 bits per heavy atom. The van der Waals surface area contributed by atoms with Crippen LogP contribution in [0.3, 0.4) is 0 Å². The van der Waals surface area contributed by atoms with Gasteiger partial charge in [-0.1, -0.05) is 37.0 Å². The molecule has 1 unspecified atom stereocenters. The highest BCUT2D eigenvalue weighted by molar-refractivity contribution is 9.10. The average molecular weight is 353 g/mol. The van der Waals surface area contributed by atoms with E-state index in [0.29, 0.717) is 16.8 Å². The fourth-order valence-corrected chi connectivity index (χ4v) is 2.35. The van der Waals surface area contributed by atoms with E-state index in [0.717, 1.165) is 10.0 Å². The summed E-state index contributed by atoms with van der Waals surface area (Å²) in [5.74, 6) is 1.19. The number of nitroso groups, excluding NO2 is 1. The van der Waals surface area contributed by atoms with Gasteiger partial charge >= 0.3 is 0 Å². The van der Waals surface area contributed by atoms with Crippen LogP contribution in [0.25, 0.3) is 0 Å². The summed E-state index contributed by atoms with van der Waals surface area (Å²) in [7, 11) is 3.11. The molecule has 0 bridgehead atoms. The molecule has 0 aliphatic rings. The molecule has 1 rings (SSSR count). The second kappa shape index (κ2) is 6.20. The van der Waals surface area contributed by atoms with Crippen LogP contribution in [0.15, 0.2) is 21.8 Å². The number of methoxy groups -OCH3 is 2. The Kier molecular flexibility index (Phi) is 5.21. The molecule has 0 radical (unpaired) electrons. The fraction of sp³-hybridized carbons (Fsp3) is 0.400. The summed E-state index contributed by atoms with van der Waals surface area (Å²) in [4.78, 5) is 10.7. The van der Waals surface area contributed by atoms with Crippen molar-refractivity contribution in [3.05, 3.63) is 27.1 Å². The van der Waals surface area contributed by atoms with Crippen LogP contribution in [-0.4, -0.2) is 19.5 Å². The lowest BCUT2D eigenvalue weighted by molar-refractivity contribution is 0.354. The van der Waals surface area contributed by atoms with Crippen molar-refractivity contribution < 1.29 is 9.47 Å². The van der Waals surface area contributed by atoms with Gasteiger partial charge in [-0.3, -0.25) is 0 Å². The number of ether oxygens (including phenoxy) is 2. The van der Waals surface area contributed by atoms with E-state index in [9.17, 15) is 4.91 Å². The third kappa shape index (κ3) is 2.74. The highest BCUT2D eigenvalue weighted by Crippen LogP contribution is 2.37. The van der Waals surface area contributed by atoms with Crippen molar-refractivity contribution in [2.24, 2.45) is 5.18 Å².